The van der Waals surface area contributed by atoms with E-state index in [4.69, 9.17) is 10.5 Å². The Hall–Kier alpha value is -1.39. The molecule has 0 aromatic heterocycles. The van der Waals surface area contributed by atoms with E-state index in [1.165, 1.54) is 23.6 Å². The van der Waals surface area contributed by atoms with Gasteiger partial charge < -0.3 is 15.6 Å². The summed E-state index contributed by atoms with van der Waals surface area (Å²) in [5.74, 6) is 0.158. The highest BCUT2D eigenvalue weighted by molar-refractivity contribution is 5.32. The monoisotopic (exact) mass is 321 g/mol. The predicted molar refractivity (Wildman–Crippen MR) is 90.9 cm³/mol. The van der Waals surface area contributed by atoms with E-state index in [1.54, 1.807) is 12.1 Å². The smallest absolute Gasteiger partial charge is 0.129 e. The van der Waals surface area contributed by atoms with Gasteiger partial charge in [0.15, 0.2) is 0 Å². The summed E-state index contributed by atoms with van der Waals surface area (Å²) >= 11 is 0. The zero-order valence-electron chi connectivity index (χ0n) is 14.4. The molecule has 1 aliphatic rings. The largest absolute Gasteiger partial charge is 0.489 e. The second kappa shape index (κ2) is 7.45. The molecule has 128 valence electrons. The molecule has 0 aliphatic heterocycles. The number of benzene rings is 1. The summed E-state index contributed by atoms with van der Waals surface area (Å²) in [6.45, 7) is 7.48. The number of halogens is 1. The minimum atomic E-state index is -0.893. The predicted octanol–water partition coefficient (Wildman–Crippen LogP) is 4.11. The third-order valence-corrected chi connectivity index (χ3v) is 4.84. The van der Waals surface area contributed by atoms with E-state index in [1.807, 2.05) is 0 Å². The number of nitrogens with two attached hydrogens (primary N) is 1. The molecule has 1 atom stereocenters. The average Bonchev–Trinajstić information content (AvgIpc) is 2.48. The Morgan fingerprint density at radius 2 is 2.13 bits per heavy atom. The van der Waals surface area contributed by atoms with Gasteiger partial charge in [0.05, 0.1) is 6.10 Å². The molecule has 0 heterocycles. The topological polar surface area (TPSA) is 55.5 Å². The van der Waals surface area contributed by atoms with E-state index < -0.39 is 11.9 Å². The van der Waals surface area contributed by atoms with Crippen LogP contribution in [0.25, 0.3) is 0 Å². The molecule has 23 heavy (non-hydrogen) atoms. The summed E-state index contributed by atoms with van der Waals surface area (Å²) in [5, 5.41) is 9.98. The van der Waals surface area contributed by atoms with Gasteiger partial charge in [0.25, 0.3) is 0 Å². The van der Waals surface area contributed by atoms with Crippen LogP contribution >= 0.6 is 0 Å². The average molecular weight is 321 g/mol. The Kier molecular flexibility index (Phi) is 5.82. The van der Waals surface area contributed by atoms with Gasteiger partial charge >= 0.3 is 0 Å². The molecule has 0 saturated carbocycles. The number of rotatable bonds is 6. The van der Waals surface area contributed by atoms with Crippen molar-refractivity contribution in [2.45, 2.75) is 52.6 Å². The third kappa shape index (κ3) is 4.33. The first-order chi connectivity index (χ1) is 10.8. The Balaban J connectivity index is 2.13. The molecular formula is C19H28FNO2. The molecule has 3 N–H and O–H groups in total. The first-order valence-corrected chi connectivity index (χ1v) is 8.34. The molecule has 0 fully saturated rings. The van der Waals surface area contributed by atoms with Crippen molar-refractivity contribution in [1.82, 2.24) is 0 Å². The Morgan fingerprint density at radius 1 is 1.39 bits per heavy atom. The summed E-state index contributed by atoms with van der Waals surface area (Å²) in [7, 11) is 0. The van der Waals surface area contributed by atoms with Crippen LogP contribution in [-0.2, 0) is 0 Å². The number of aliphatic hydroxyl groups is 1. The van der Waals surface area contributed by atoms with Gasteiger partial charge in [-0.25, -0.2) is 4.39 Å². The van der Waals surface area contributed by atoms with Gasteiger partial charge in [-0.15, -0.1) is 0 Å². The molecule has 1 aliphatic carbocycles. The summed E-state index contributed by atoms with van der Waals surface area (Å²) in [5.41, 5.74) is 8.56. The molecule has 1 aromatic carbocycles. The molecular weight excluding hydrogens is 293 g/mol. The van der Waals surface area contributed by atoms with Crippen LogP contribution < -0.4 is 10.5 Å². The van der Waals surface area contributed by atoms with Crippen LogP contribution in [0.5, 0.6) is 5.75 Å². The molecule has 0 bridgehead atoms. The minimum Gasteiger partial charge on any atom is -0.489 e. The molecule has 0 saturated heterocycles. The van der Waals surface area contributed by atoms with E-state index in [9.17, 15) is 9.50 Å². The van der Waals surface area contributed by atoms with Gasteiger partial charge in [0, 0.05) is 5.56 Å². The number of ether oxygens (including phenoxy) is 1. The third-order valence-electron chi connectivity index (χ3n) is 4.84. The van der Waals surface area contributed by atoms with Gasteiger partial charge in [-0.1, -0.05) is 19.4 Å². The van der Waals surface area contributed by atoms with Gasteiger partial charge in [-0.05, 0) is 68.3 Å². The molecule has 3 nitrogen and oxygen atoms in total. The van der Waals surface area contributed by atoms with Crippen molar-refractivity contribution in [3.8, 4) is 5.75 Å². The lowest BCUT2D eigenvalue weighted by molar-refractivity contribution is 0.165. The maximum Gasteiger partial charge on any atom is 0.129 e. The second-order valence-corrected chi connectivity index (χ2v) is 7.06. The zero-order valence-corrected chi connectivity index (χ0v) is 14.4. The number of hydrogen-bond acceptors (Lipinski definition) is 3. The van der Waals surface area contributed by atoms with Gasteiger partial charge in [-0.2, -0.15) is 0 Å². The summed E-state index contributed by atoms with van der Waals surface area (Å²) < 4.78 is 19.8. The van der Waals surface area contributed by atoms with Crippen molar-refractivity contribution in [2.75, 3.05) is 13.2 Å². The molecule has 4 heteroatoms. The summed E-state index contributed by atoms with van der Waals surface area (Å²) in [4.78, 5) is 0. The molecule has 1 aromatic rings. The second-order valence-electron chi connectivity index (χ2n) is 7.06. The molecule has 0 radical (unpaired) electrons. The molecule has 1 unspecified atom stereocenters. The Labute approximate surface area is 138 Å². The SMILES string of the molecule is CC1=C(COc2ccc(F)c(C(O)CCN)c2)C(C)(C)CCC1. The quantitative estimate of drug-likeness (QED) is 0.775. The Morgan fingerprint density at radius 3 is 2.78 bits per heavy atom. The van der Waals surface area contributed by atoms with Crippen LogP contribution in [0, 0.1) is 11.2 Å². The van der Waals surface area contributed by atoms with Gasteiger partial charge in [-0.3, -0.25) is 0 Å². The lowest BCUT2D eigenvalue weighted by Crippen LogP contribution is -2.24. The minimum absolute atomic E-state index is 0.143. The first-order valence-electron chi connectivity index (χ1n) is 8.34. The number of allylic oxidation sites excluding steroid dienone is 1. The van der Waals surface area contributed by atoms with Crippen molar-refractivity contribution in [3.63, 3.8) is 0 Å². The van der Waals surface area contributed by atoms with Gasteiger partial charge in [0.1, 0.15) is 18.2 Å². The fraction of sp³-hybridized carbons (Fsp3) is 0.579. The maximum atomic E-state index is 13.9. The van der Waals surface area contributed by atoms with Crippen LogP contribution in [0.3, 0.4) is 0 Å². The van der Waals surface area contributed by atoms with E-state index in [-0.39, 0.29) is 11.0 Å². The first kappa shape index (κ1) is 18.0. The fourth-order valence-electron chi connectivity index (χ4n) is 3.33. The maximum absolute atomic E-state index is 13.9. The lowest BCUT2D eigenvalue weighted by Gasteiger charge is -2.34. The lowest BCUT2D eigenvalue weighted by atomic mass is 9.73. The normalized spacial score (nSPS) is 18.9. The highest BCUT2D eigenvalue weighted by Crippen LogP contribution is 2.40. The van der Waals surface area contributed by atoms with E-state index >= 15 is 0 Å². The van der Waals surface area contributed by atoms with Crippen LogP contribution in [0.4, 0.5) is 4.39 Å². The van der Waals surface area contributed by atoms with E-state index in [0.717, 1.165) is 12.8 Å². The van der Waals surface area contributed by atoms with Crippen LogP contribution in [0.2, 0.25) is 0 Å². The highest BCUT2D eigenvalue weighted by Gasteiger charge is 2.28. The molecule has 2 rings (SSSR count). The standard InChI is InChI=1S/C19H28FNO2/c1-13-5-4-9-19(2,3)16(13)12-23-14-6-7-17(20)15(11-14)18(22)8-10-21/h6-7,11,18,22H,4-5,8-10,12,21H2,1-3H3. The van der Waals surface area contributed by atoms with Crippen LogP contribution in [0.15, 0.2) is 29.3 Å². The van der Waals surface area contributed by atoms with Gasteiger partial charge in [0.2, 0.25) is 0 Å². The van der Waals surface area contributed by atoms with Crippen LogP contribution in [0.1, 0.15) is 58.1 Å². The van der Waals surface area contributed by atoms with Crippen molar-refractivity contribution in [3.05, 3.63) is 40.7 Å². The summed E-state index contributed by atoms with van der Waals surface area (Å²) in [6, 6.07) is 4.54. The number of aliphatic hydroxyl groups excluding tert-OH is 1. The van der Waals surface area contributed by atoms with E-state index in [2.05, 4.69) is 20.8 Å². The van der Waals surface area contributed by atoms with Crippen molar-refractivity contribution < 1.29 is 14.2 Å². The van der Waals surface area contributed by atoms with Crippen molar-refractivity contribution in [1.29, 1.82) is 0 Å². The van der Waals surface area contributed by atoms with Crippen molar-refractivity contribution in [2.24, 2.45) is 11.1 Å². The Bertz CT molecular complexity index is 581. The molecule has 0 spiro atoms. The highest BCUT2D eigenvalue weighted by atomic mass is 19.1. The summed E-state index contributed by atoms with van der Waals surface area (Å²) in [6.07, 6.45) is 2.93. The zero-order chi connectivity index (χ0) is 17.0. The van der Waals surface area contributed by atoms with Crippen molar-refractivity contribution >= 4 is 0 Å². The number of hydrogen-bond donors (Lipinski definition) is 2. The fourth-order valence-corrected chi connectivity index (χ4v) is 3.33. The van der Waals surface area contributed by atoms with Crippen LogP contribution in [-0.4, -0.2) is 18.3 Å². The molecule has 0 amide bonds. The van der Waals surface area contributed by atoms with E-state index in [0.29, 0.717) is 25.3 Å².